The van der Waals surface area contributed by atoms with E-state index in [4.69, 9.17) is 9.47 Å². The molecule has 0 N–H and O–H groups in total. The number of ether oxygens (including phenoxy) is 2. The van der Waals surface area contributed by atoms with Crippen molar-refractivity contribution >= 4 is 6.08 Å². The van der Waals surface area contributed by atoms with Crippen molar-refractivity contribution < 1.29 is 9.47 Å². The molecule has 0 aliphatic heterocycles. The fourth-order valence-corrected chi connectivity index (χ4v) is 1.31. The quantitative estimate of drug-likeness (QED) is 0.639. The first kappa shape index (κ1) is 12.0. The van der Waals surface area contributed by atoms with Gasteiger partial charge >= 0.3 is 0 Å². The molecular formula is C13H18O2. The van der Waals surface area contributed by atoms with Gasteiger partial charge in [0.05, 0.1) is 6.61 Å². The summed E-state index contributed by atoms with van der Waals surface area (Å²) in [5.74, 6) is 0. The molecule has 15 heavy (non-hydrogen) atoms. The number of methoxy groups -OCH3 is 1. The van der Waals surface area contributed by atoms with E-state index >= 15 is 0 Å². The fraction of sp³-hybridized carbons (Fsp3) is 0.385. The Morgan fingerprint density at radius 3 is 2.93 bits per heavy atom. The number of hydrogen-bond donors (Lipinski definition) is 0. The topological polar surface area (TPSA) is 18.5 Å². The lowest BCUT2D eigenvalue weighted by molar-refractivity contribution is 0.0928. The minimum atomic E-state index is 0.658. The van der Waals surface area contributed by atoms with Gasteiger partial charge in [0.2, 0.25) is 0 Å². The number of rotatable bonds is 7. The summed E-state index contributed by atoms with van der Waals surface area (Å²) in [4.78, 5) is 0. The summed E-state index contributed by atoms with van der Waals surface area (Å²) in [6.45, 7) is 5.89. The van der Waals surface area contributed by atoms with Gasteiger partial charge in [-0.3, -0.25) is 0 Å². The molecule has 0 spiro atoms. The normalized spacial score (nSPS) is 10.2. The zero-order valence-electron chi connectivity index (χ0n) is 9.24. The van der Waals surface area contributed by atoms with Crippen LogP contribution in [-0.2, 0) is 16.1 Å². The number of benzene rings is 1. The van der Waals surface area contributed by atoms with Crippen LogP contribution in [0.15, 0.2) is 30.8 Å². The van der Waals surface area contributed by atoms with Crippen LogP contribution in [0.5, 0.6) is 0 Å². The first-order chi connectivity index (χ1) is 7.36. The van der Waals surface area contributed by atoms with E-state index < -0.39 is 0 Å². The molecule has 2 nitrogen and oxygen atoms in total. The Hall–Kier alpha value is -1.12. The van der Waals surface area contributed by atoms with Gasteiger partial charge in [-0.15, -0.1) is 0 Å². The third-order valence-electron chi connectivity index (χ3n) is 2.09. The van der Waals surface area contributed by atoms with Crippen LogP contribution < -0.4 is 0 Å². The second kappa shape index (κ2) is 7.21. The lowest BCUT2D eigenvalue weighted by Crippen LogP contribution is -1.99. The Morgan fingerprint density at radius 2 is 2.20 bits per heavy atom. The molecule has 0 heterocycles. The molecule has 0 unspecified atom stereocenters. The van der Waals surface area contributed by atoms with E-state index in [9.17, 15) is 0 Å². The summed E-state index contributed by atoms with van der Waals surface area (Å²) in [6.07, 6.45) is 2.78. The van der Waals surface area contributed by atoms with Gasteiger partial charge in [0.25, 0.3) is 0 Å². The molecule has 0 aromatic heterocycles. The highest BCUT2D eigenvalue weighted by Crippen LogP contribution is 2.07. The molecule has 2 heteroatoms. The first-order valence-electron chi connectivity index (χ1n) is 5.15. The molecule has 1 aromatic rings. The average molecular weight is 206 g/mol. The van der Waals surface area contributed by atoms with E-state index in [2.05, 4.69) is 18.7 Å². The third kappa shape index (κ3) is 4.77. The fourth-order valence-electron chi connectivity index (χ4n) is 1.31. The van der Waals surface area contributed by atoms with Gasteiger partial charge in [-0.25, -0.2) is 0 Å². The van der Waals surface area contributed by atoms with E-state index in [-0.39, 0.29) is 0 Å². The average Bonchev–Trinajstić information content (AvgIpc) is 2.29. The van der Waals surface area contributed by atoms with Crippen molar-refractivity contribution in [2.24, 2.45) is 0 Å². The highest BCUT2D eigenvalue weighted by molar-refractivity contribution is 5.47. The van der Waals surface area contributed by atoms with Crippen molar-refractivity contribution in [2.75, 3.05) is 20.3 Å². The molecule has 0 aliphatic rings. The summed E-state index contributed by atoms with van der Waals surface area (Å²) >= 11 is 0. The van der Waals surface area contributed by atoms with Crippen molar-refractivity contribution in [3.63, 3.8) is 0 Å². The Kier molecular flexibility index (Phi) is 5.74. The van der Waals surface area contributed by atoms with E-state index in [1.54, 1.807) is 7.11 Å². The summed E-state index contributed by atoms with van der Waals surface area (Å²) in [5, 5.41) is 0. The highest BCUT2D eigenvalue weighted by Gasteiger charge is 1.94. The molecule has 0 atom stereocenters. The molecule has 0 saturated heterocycles. The smallest absolute Gasteiger partial charge is 0.0717 e. The molecule has 0 aliphatic carbocycles. The van der Waals surface area contributed by atoms with Gasteiger partial charge in [0, 0.05) is 20.3 Å². The van der Waals surface area contributed by atoms with Gasteiger partial charge in [0.15, 0.2) is 0 Å². The zero-order chi connectivity index (χ0) is 10.9. The predicted octanol–water partition coefficient (Wildman–Crippen LogP) is 2.88. The van der Waals surface area contributed by atoms with Gasteiger partial charge < -0.3 is 9.47 Å². The van der Waals surface area contributed by atoms with Crippen molar-refractivity contribution in [3.8, 4) is 0 Å². The Labute approximate surface area is 91.5 Å². The van der Waals surface area contributed by atoms with Crippen LogP contribution in [0.2, 0.25) is 0 Å². The molecule has 0 amide bonds. The van der Waals surface area contributed by atoms with Crippen LogP contribution in [-0.4, -0.2) is 20.3 Å². The van der Waals surface area contributed by atoms with Gasteiger partial charge in [-0.05, 0) is 23.6 Å². The molecule has 1 aromatic carbocycles. The summed E-state index contributed by atoms with van der Waals surface area (Å²) in [7, 11) is 1.70. The standard InChI is InChI=1S/C13H18O2/c1-3-12-6-4-7-13(10-12)11-15-9-5-8-14-2/h3-4,6-7,10H,1,5,8-9,11H2,2H3. The highest BCUT2D eigenvalue weighted by atomic mass is 16.5. The number of hydrogen-bond acceptors (Lipinski definition) is 2. The van der Waals surface area contributed by atoms with Crippen molar-refractivity contribution in [3.05, 3.63) is 42.0 Å². The van der Waals surface area contributed by atoms with Crippen LogP contribution >= 0.6 is 0 Å². The molecule has 0 bridgehead atoms. The predicted molar refractivity (Wildman–Crippen MR) is 62.7 cm³/mol. The third-order valence-corrected chi connectivity index (χ3v) is 2.09. The van der Waals surface area contributed by atoms with Gasteiger partial charge in [-0.2, -0.15) is 0 Å². The Morgan fingerprint density at radius 1 is 1.33 bits per heavy atom. The second-order valence-corrected chi connectivity index (χ2v) is 3.35. The van der Waals surface area contributed by atoms with Crippen LogP contribution in [0.25, 0.3) is 6.08 Å². The van der Waals surface area contributed by atoms with Crippen molar-refractivity contribution in [1.29, 1.82) is 0 Å². The van der Waals surface area contributed by atoms with Crippen molar-refractivity contribution in [2.45, 2.75) is 13.0 Å². The van der Waals surface area contributed by atoms with E-state index in [0.717, 1.165) is 25.2 Å². The SMILES string of the molecule is C=Cc1cccc(COCCCOC)c1. The maximum atomic E-state index is 5.51. The molecular weight excluding hydrogens is 188 g/mol. The van der Waals surface area contributed by atoms with Gasteiger partial charge in [0.1, 0.15) is 0 Å². The monoisotopic (exact) mass is 206 g/mol. The molecule has 0 fully saturated rings. The van der Waals surface area contributed by atoms with E-state index in [0.29, 0.717) is 6.61 Å². The lowest BCUT2D eigenvalue weighted by Gasteiger charge is -2.04. The van der Waals surface area contributed by atoms with Gasteiger partial charge in [-0.1, -0.05) is 30.9 Å². The van der Waals surface area contributed by atoms with E-state index in [1.165, 1.54) is 5.56 Å². The minimum Gasteiger partial charge on any atom is -0.385 e. The van der Waals surface area contributed by atoms with E-state index in [1.807, 2.05) is 18.2 Å². The van der Waals surface area contributed by atoms with Crippen LogP contribution in [0.3, 0.4) is 0 Å². The Balaban J connectivity index is 2.27. The maximum Gasteiger partial charge on any atom is 0.0717 e. The Bertz CT molecular complexity index is 294. The van der Waals surface area contributed by atoms with Crippen LogP contribution in [0.1, 0.15) is 17.5 Å². The molecule has 1 rings (SSSR count). The maximum absolute atomic E-state index is 5.51. The summed E-state index contributed by atoms with van der Waals surface area (Å²) < 4.78 is 10.4. The largest absolute Gasteiger partial charge is 0.385 e. The zero-order valence-corrected chi connectivity index (χ0v) is 9.24. The summed E-state index contributed by atoms with van der Waals surface area (Å²) in [6, 6.07) is 8.19. The minimum absolute atomic E-state index is 0.658. The lowest BCUT2D eigenvalue weighted by atomic mass is 10.1. The summed E-state index contributed by atoms with van der Waals surface area (Å²) in [5.41, 5.74) is 2.32. The van der Waals surface area contributed by atoms with Crippen LogP contribution in [0, 0.1) is 0 Å². The molecule has 0 saturated carbocycles. The second-order valence-electron chi connectivity index (χ2n) is 3.35. The van der Waals surface area contributed by atoms with Crippen molar-refractivity contribution in [1.82, 2.24) is 0 Å². The first-order valence-corrected chi connectivity index (χ1v) is 5.15. The van der Waals surface area contributed by atoms with Crippen LogP contribution in [0.4, 0.5) is 0 Å². The molecule has 0 radical (unpaired) electrons. The molecule has 82 valence electrons.